The van der Waals surface area contributed by atoms with E-state index >= 15 is 0 Å². The molecule has 2 saturated heterocycles. The van der Waals surface area contributed by atoms with Gasteiger partial charge in [0.1, 0.15) is 18.0 Å². The SMILES string of the molecule is C[C@H](Oc1cc(OC2CNC(C)(C)C2)nc(-c2noc3c2CCC[C@@]32CCCCC2=O)n1)[C@@H]1CCCN1C. The topological polar surface area (TPSA) is 103 Å². The zero-order valence-electron chi connectivity index (χ0n) is 23.2. The fraction of sp³-hybridized carbons (Fsp3) is 0.724. The van der Waals surface area contributed by atoms with Crippen LogP contribution in [0.3, 0.4) is 0 Å². The van der Waals surface area contributed by atoms with Crippen LogP contribution >= 0.6 is 0 Å². The molecule has 4 aliphatic rings. The smallest absolute Gasteiger partial charge is 0.221 e. The van der Waals surface area contributed by atoms with Crippen molar-refractivity contribution >= 4 is 5.78 Å². The van der Waals surface area contributed by atoms with Gasteiger partial charge in [-0.15, -0.1) is 0 Å². The number of hydrogen-bond acceptors (Lipinski definition) is 9. The molecule has 1 saturated carbocycles. The van der Waals surface area contributed by atoms with Crippen LogP contribution in [0, 0.1) is 0 Å². The number of rotatable bonds is 6. The van der Waals surface area contributed by atoms with Crippen LogP contribution in [0.2, 0.25) is 0 Å². The predicted molar refractivity (Wildman–Crippen MR) is 142 cm³/mol. The van der Waals surface area contributed by atoms with Gasteiger partial charge in [-0.2, -0.15) is 9.97 Å². The van der Waals surface area contributed by atoms with Crippen LogP contribution in [0.1, 0.15) is 89.9 Å². The number of nitrogens with zero attached hydrogens (tertiary/aromatic N) is 4. The van der Waals surface area contributed by atoms with Gasteiger partial charge in [0.05, 0.1) is 11.5 Å². The van der Waals surface area contributed by atoms with E-state index in [1.54, 1.807) is 6.07 Å². The van der Waals surface area contributed by atoms with Gasteiger partial charge in [-0.3, -0.25) is 9.69 Å². The van der Waals surface area contributed by atoms with Gasteiger partial charge in [-0.05, 0) is 79.3 Å². The van der Waals surface area contributed by atoms with Crippen molar-refractivity contribution in [1.29, 1.82) is 0 Å². The highest BCUT2D eigenvalue weighted by molar-refractivity contribution is 5.91. The number of likely N-dealkylation sites (tertiary alicyclic amines) is 1. The molecule has 3 fully saturated rings. The molecule has 2 aliphatic carbocycles. The highest BCUT2D eigenvalue weighted by atomic mass is 16.5. The fourth-order valence-corrected chi connectivity index (χ4v) is 7.16. The normalized spacial score (nSPS) is 29.9. The van der Waals surface area contributed by atoms with E-state index in [0.29, 0.717) is 41.5 Å². The van der Waals surface area contributed by atoms with Gasteiger partial charge in [0.2, 0.25) is 11.8 Å². The lowest BCUT2D eigenvalue weighted by Crippen LogP contribution is -2.41. The minimum atomic E-state index is -0.535. The Labute approximate surface area is 225 Å². The second-order valence-electron chi connectivity index (χ2n) is 12.5. The summed E-state index contributed by atoms with van der Waals surface area (Å²) in [6, 6.07) is 2.15. The number of ether oxygens (including phenoxy) is 2. The molecule has 4 heterocycles. The summed E-state index contributed by atoms with van der Waals surface area (Å²) in [6.07, 6.45) is 9.17. The summed E-state index contributed by atoms with van der Waals surface area (Å²) in [6.45, 7) is 8.31. The first-order chi connectivity index (χ1) is 18.2. The molecule has 1 N–H and O–H groups in total. The van der Waals surface area contributed by atoms with Crippen molar-refractivity contribution in [3.05, 3.63) is 17.4 Å². The van der Waals surface area contributed by atoms with Crippen LogP contribution < -0.4 is 14.8 Å². The highest BCUT2D eigenvalue weighted by Gasteiger charge is 2.48. The molecule has 0 bridgehead atoms. The third kappa shape index (κ3) is 4.72. The standard InChI is InChI=1S/C29H41N5O4/c1-18(21-10-8-14-34(21)4)36-23-15-24(37-19-16-28(2,3)30-17-19)32-27(31-23)25-20-9-7-13-29(26(20)38-33-25)12-6-5-11-22(29)35/h15,18-19,21,30H,5-14,16-17H2,1-4H3/t18-,19?,21-,29+/m0/s1. The zero-order valence-corrected chi connectivity index (χ0v) is 23.2. The molecule has 9 heteroatoms. The van der Waals surface area contributed by atoms with Gasteiger partial charge in [0.25, 0.3) is 0 Å². The summed E-state index contributed by atoms with van der Waals surface area (Å²) < 4.78 is 18.8. The molecular weight excluding hydrogens is 482 g/mol. The third-order valence-corrected chi connectivity index (χ3v) is 9.19. The van der Waals surface area contributed by atoms with Gasteiger partial charge >= 0.3 is 0 Å². The molecule has 2 aromatic heterocycles. The second kappa shape index (κ2) is 9.90. The minimum Gasteiger partial charge on any atom is -0.473 e. The predicted octanol–water partition coefficient (Wildman–Crippen LogP) is 4.23. The van der Waals surface area contributed by atoms with Crippen LogP contribution in [0.4, 0.5) is 0 Å². The van der Waals surface area contributed by atoms with Gasteiger partial charge in [-0.25, -0.2) is 0 Å². The number of nitrogens with one attached hydrogen (secondary N) is 1. The Hall–Kier alpha value is -2.52. The number of likely N-dealkylation sites (N-methyl/N-ethyl adjacent to an activating group) is 1. The Morgan fingerprint density at radius 1 is 1.13 bits per heavy atom. The number of carbonyl (C=O) groups is 1. The summed E-state index contributed by atoms with van der Waals surface area (Å²) >= 11 is 0. The van der Waals surface area contributed by atoms with Gasteiger partial charge < -0.3 is 19.3 Å². The van der Waals surface area contributed by atoms with E-state index in [2.05, 4.69) is 43.2 Å². The lowest BCUT2D eigenvalue weighted by Gasteiger charge is -2.36. The lowest BCUT2D eigenvalue weighted by molar-refractivity contribution is -0.128. The molecule has 2 aromatic rings. The summed E-state index contributed by atoms with van der Waals surface area (Å²) in [7, 11) is 2.15. The molecule has 1 spiro atoms. The average molecular weight is 524 g/mol. The second-order valence-corrected chi connectivity index (χ2v) is 12.5. The number of carbonyl (C=O) groups excluding carboxylic acids is 1. The maximum absolute atomic E-state index is 13.1. The van der Waals surface area contributed by atoms with Crippen molar-refractivity contribution in [2.24, 2.45) is 0 Å². The van der Waals surface area contributed by atoms with Crippen molar-refractivity contribution < 1.29 is 18.8 Å². The Balaban J connectivity index is 1.35. The van der Waals surface area contributed by atoms with Crippen LogP contribution in [0.15, 0.2) is 10.6 Å². The maximum atomic E-state index is 13.1. The molecule has 2 aliphatic heterocycles. The number of fused-ring (bicyclic) bond motifs is 2. The van der Waals surface area contributed by atoms with E-state index in [1.165, 1.54) is 6.42 Å². The van der Waals surface area contributed by atoms with Crippen LogP contribution in [0.5, 0.6) is 11.8 Å². The molecule has 0 amide bonds. The molecule has 0 radical (unpaired) electrons. The molecule has 6 rings (SSSR count). The number of aromatic nitrogens is 3. The number of ketones is 1. The largest absolute Gasteiger partial charge is 0.473 e. The molecular formula is C29H41N5O4. The van der Waals surface area contributed by atoms with E-state index < -0.39 is 5.41 Å². The Bertz CT molecular complexity index is 1200. The maximum Gasteiger partial charge on any atom is 0.221 e. The zero-order chi connectivity index (χ0) is 26.5. The summed E-state index contributed by atoms with van der Waals surface area (Å²) in [4.78, 5) is 25.1. The Morgan fingerprint density at radius 3 is 2.68 bits per heavy atom. The van der Waals surface area contributed by atoms with Crippen LogP contribution in [-0.4, -0.2) is 69.7 Å². The molecule has 0 aromatic carbocycles. The van der Waals surface area contributed by atoms with Crippen molar-refractivity contribution in [2.75, 3.05) is 20.1 Å². The van der Waals surface area contributed by atoms with Crippen molar-refractivity contribution in [1.82, 2.24) is 25.3 Å². The first-order valence-corrected chi connectivity index (χ1v) is 14.4. The average Bonchev–Trinajstić information content (AvgIpc) is 3.59. The van der Waals surface area contributed by atoms with E-state index in [0.717, 1.165) is 75.8 Å². The van der Waals surface area contributed by atoms with Gasteiger partial charge in [0.15, 0.2) is 17.3 Å². The third-order valence-electron chi connectivity index (χ3n) is 9.19. The van der Waals surface area contributed by atoms with Crippen molar-refractivity contribution in [3.8, 4) is 23.3 Å². The minimum absolute atomic E-state index is 0.00772. The first-order valence-electron chi connectivity index (χ1n) is 14.4. The van der Waals surface area contributed by atoms with Crippen molar-refractivity contribution in [2.45, 2.75) is 114 Å². The monoisotopic (exact) mass is 523 g/mol. The van der Waals surface area contributed by atoms with E-state index in [1.807, 2.05) is 0 Å². The number of hydrogen-bond donors (Lipinski definition) is 1. The van der Waals surface area contributed by atoms with Gasteiger partial charge in [-0.1, -0.05) is 11.6 Å². The highest BCUT2D eigenvalue weighted by Crippen LogP contribution is 2.47. The van der Waals surface area contributed by atoms with Crippen LogP contribution in [-0.2, 0) is 16.6 Å². The van der Waals surface area contributed by atoms with E-state index in [9.17, 15) is 4.79 Å². The van der Waals surface area contributed by atoms with E-state index in [-0.39, 0.29) is 17.7 Å². The van der Waals surface area contributed by atoms with E-state index in [4.69, 9.17) is 24.0 Å². The molecule has 9 nitrogen and oxygen atoms in total. The summed E-state index contributed by atoms with van der Waals surface area (Å²) in [5, 5.41) is 7.98. The molecule has 206 valence electrons. The van der Waals surface area contributed by atoms with Gasteiger partial charge in [0, 0.05) is 36.5 Å². The first kappa shape index (κ1) is 25.7. The summed E-state index contributed by atoms with van der Waals surface area (Å²) in [5.41, 5.74) is 1.07. The fourth-order valence-electron chi connectivity index (χ4n) is 7.16. The Morgan fingerprint density at radius 2 is 1.95 bits per heavy atom. The van der Waals surface area contributed by atoms with Crippen LogP contribution in [0.25, 0.3) is 11.5 Å². The van der Waals surface area contributed by atoms with Crippen molar-refractivity contribution in [3.63, 3.8) is 0 Å². The molecule has 1 unspecified atom stereocenters. The molecule has 4 atom stereocenters. The summed E-state index contributed by atoms with van der Waals surface area (Å²) in [5.74, 6) is 2.44. The Kier molecular flexibility index (Phi) is 6.71. The molecule has 38 heavy (non-hydrogen) atoms. The lowest BCUT2D eigenvalue weighted by atomic mass is 9.64. The quantitative estimate of drug-likeness (QED) is 0.596. The number of Topliss-reactive ketones (excluding diaryl/α,β-unsaturated/α-hetero) is 1.